The van der Waals surface area contributed by atoms with E-state index in [1.54, 1.807) is 0 Å². The lowest BCUT2D eigenvalue weighted by Gasteiger charge is -2.28. The summed E-state index contributed by atoms with van der Waals surface area (Å²) in [6.45, 7) is 7.65. The van der Waals surface area contributed by atoms with Crippen LogP contribution in [-0.2, 0) is 0 Å². The zero-order chi connectivity index (χ0) is 9.80. The van der Waals surface area contributed by atoms with Crippen molar-refractivity contribution in [2.75, 3.05) is 26.2 Å². The van der Waals surface area contributed by atoms with Gasteiger partial charge in [0.05, 0.1) is 0 Å². The van der Waals surface area contributed by atoms with Gasteiger partial charge in [0.2, 0.25) is 0 Å². The first kappa shape index (κ1) is 10.4. The molecule has 82 valence electrons. The number of likely N-dealkylation sites (tertiary alicyclic amines) is 1. The zero-order valence-corrected chi connectivity index (χ0v) is 9.47. The first-order chi connectivity index (χ1) is 6.86. The van der Waals surface area contributed by atoms with Gasteiger partial charge < -0.3 is 10.2 Å². The van der Waals surface area contributed by atoms with Gasteiger partial charge in [-0.1, -0.05) is 13.3 Å². The van der Waals surface area contributed by atoms with Crippen molar-refractivity contribution in [3.8, 4) is 0 Å². The fraction of sp³-hybridized carbons (Fsp3) is 1.00. The monoisotopic (exact) mass is 196 g/mol. The Morgan fingerprint density at radius 1 is 1.21 bits per heavy atom. The molecule has 0 amide bonds. The molecule has 0 bridgehead atoms. The van der Waals surface area contributed by atoms with E-state index < -0.39 is 0 Å². The van der Waals surface area contributed by atoms with E-state index in [4.69, 9.17) is 0 Å². The summed E-state index contributed by atoms with van der Waals surface area (Å²) < 4.78 is 0. The average Bonchev–Trinajstić information content (AvgIpc) is 2.63. The standard InChI is InChI=1S/C12H24N2/c1-11-5-7-13-12(11)6-10-14-8-3-2-4-9-14/h11-13H,2-10H2,1H3. The minimum absolute atomic E-state index is 0.803. The van der Waals surface area contributed by atoms with Gasteiger partial charge in [0, 0.05) is 6.04 Å². The number of rotatable bonds is 3. The Hall–Kier alpha value is -0.0800. The molecule has 0 saturated carbocycles. The van der Waals surface area contributed by atoms with Crippen LogP contribution >= 0.6 is 0 Å². The van der Waals surface area contributed by atoms with Crippen LogP contribution in [0, 0.1) is 5.92 Å². The lowest BCUT2D eigenvalue weighted by atomic mass is 10.00. The van der Waals surface area contributed by atoms with Gasteiger partial charge in [-0.15, -0.1) is 0 Å². The van der Waals surface area contributed by atoms with E-state index in [0.29, 0.717) is 0 Å². The summed E-state index contributed by atoms with van der Waals surface area (Å²) in [4.78, 5) is 2.65. The normalized spacial score (nSPS) is 34.9. The van der Waals surface area contributed by atoms with Gasteiger partial charge in [0.15, 0.2) is 0 Å². The van der Waals surface area contributed by atoms with E-state index in [2.05, 4.69) is 17.1 Å². The van der Waals surface area contributed by atoms with Crippen molar-refractivity contribution in [2.45, 2.75) is 45.1 Å². The lowest BCUT2D eigenvalue weighted by molar-refractivity contribution is 0.214. The largest absolute Gasteiger partial charge is 0.314 e. The van der Waals surface area contributed by atoms with E-state index in [1.165, 1.54) is 58.3 Å². The minimum Gasteiger partial charge on any atom is -0.314 e. The maximum Gasteiger partial charge on any atom is 0.0105 e. The third kappa shape index (κ3) is 2.71. The first-order valence-corrected chi connectivity index (χ1v) is 6.32. The van der Waals surface area contributed by atoms with Crippen LogP contribution < -0.4 is 5.32 Å². The molecule has 0 spiro atoms. The maximum absolute atomic E-state index is 3.62. The number of nitrogens with one attached hydrogen (secondary N) is 1. The second kappa shape index (κ2) is 5.13. The molecule has 0 aromatic heterocycles. The molecule has 2 aliphatic rings. The van der Waals surface area contributed by atoms with Crippen LogP contribution in [0.5, 0.6) is 0 Å². The van der Waals surface area contributed by atoms with Crippen LogP contribution in [0.4, 0.5) is 0 Å². The highest BCUT2D eigenvalue weighted by atomic mass is 15.1. The fourth-order valence-electron chi connectivity index (χ4n) is 2.79. The predicted octanol–water partition coefficient (Wildman–Crippen LogP) is 1.86. The molecule has 1 N–H and O–H groups in total. The first-order valence-electron chi connectivity index (χ1n) is 6.32. The van der Waals surface area contributed by atoms with Gasteiger partial charge in [-0.25, -0.2) is 0 Å². The van der Waals surface area contributed by atoms with E-state index in [9.17, 15) is 0 Å². The fourth-order valence-corrected chi connectivity index (χ4v) is 2.79. The molecule has 2 nitrogen and oxygen atoms in total. The molecule has 2 unspecified atom stereocenters. The number of nitrogens with zero attached hydrogens (tertiary/aromatic N) is 1. The Morgan fingerprint density at radius 2 is 2.00 bits per heavy atom. The SMILES string of the molecule is CC1CCNC1CCN1CCCCC1. The van der Waals surface area contributed by atoms with Gasteiger partial charge in [-0.3, -0.25) is 0 Å². The van der Waals surface area contributed by atoms with Gasteiger partial charge in [-0.2, -0.15) is 0 Å². The Kier molecular flexibility index (Phi) is 3.82. The number of hydrogen-bond donors (Lipinski definition) is 1. The van der Waals surface area contributed by atoms with Gasteiger partial charge in [0.1, 0.15) is 0 Å². The Morgan fingerprint density at radius 3 is 2.64 bits per heavy atom. The highest BCUT2D eigenvalue weighted by molar-refractivity contribution is 4.81. The molecule has 2 heteroatoms. The molecule has 0 aromatic carbocycles. The Labute approximate surface area is 88.1 Å². The summed E-state index contributed by atoms with van der Waals surface area (Å²) in [5, 5.41) is 3.62. The van der Waals surface area contributed by atoms with Crippen LogP contribution in [0.1, 0.15) is 39.0 Å². The molecule has 2 aliphatic heterocycles. The molecule has 2 heterocycles. The van der Waals surface area contributed by atoms with Crippen molar-refractivity contribution in [3.05, 3.63) is 0 Å². The quantitative estimate of drug-likeness (QED) is 0.741. The summed E-state index contributed by atoms with van der Waals surface area (Å²) >= 11 is 0. The van der Waals surface area contributed by atoms with Crippen LogP contribution in [-0.4, -0.2) is 37.1 Å². The molecule has 14 heavy (non-hydrogen) atoms. The third-order valence-electron chi connectivity index (χ3n) is 3.90. The Balaban J connectivity index is 1.65. The molecule has 0 aliphatic carbocycles. The number of hydrogen-bond acceptors (Lipinski definition) is 2. The molecule has 2 atom stereocenters. The van der Waals surface area contributed by atoms with Crippen molar-refractivity contribution in [3.63, 3.8) is 0 Å². The molecule has 2 rings (SSSR count). The van der Waals surface area contributed by atoms with Crippen molar-refractivity contribution in [2.24, 2.45) is 5.92 Å². The van der Waals surface area contributed by atoms with E-state index in [-0.39, 0.29) is 0 Å². The van der Waals surface area contributed by atoms with Crippen LogP contribution in [0.15, 0.2) is 0 Å². The molecule has 0 radical (unpaired) electrons. The average molecular weight is 196 g/mol. The second-order valence-electron chi connectivity index (χ2n) is 5.02. The summed E-state index contributed by atoms with van der Waals surface area (Å²) in [5.41, 5.74) is 0. The number of piperidine rings is 1. The molecule has 2 fully saturated rings. The lowest BCUT2D eigenvalue weighted by Crippen LogP contribution is -2.35. The van der Waals surface area contributed by atoms with Crippen molar-refractivity contribution >= 4 is 0 Å². The topological polar surface area (TPSA) is 15.3 Å². The summed E-state index contributed by atoms with van der Waals surface area (Å²) in [6, 6.07) is 0.803. The Bertz CT molecular complexity index is 164. The third-order valence-corrected chi connectivity index (χ3v) is 3.90. The molecular weight excluding hydrogens is 172 g/mol. The van der Waals surface area contributed by atoms with Crippen LogP contribution in [0.3, 0.4) is 0 Å². The van der Waals surface area contributed by atoms with Crippen molar-refractivity contribution in [1.29, 1.82) is 0 Å². The second-order valence-corrected chi connectivity index (χ2v) is 5.02. The van der Waals surface area contributed by atoms with Crippen LogP contribution in [0.2, 0.25) is 0 Å². The predicted molar refractivity (Wildman–Crippen MR) is 60.5 cm³/mol. The van der Waals surface area contributed by atoms with E-state index >= 15 is 0 Å². The smallest absolute Gasteiger partial charge is 0.0105 e. The zero-order valence-electron chi connectivity index (χ0n) is 9.47. The molecular formula is C12H24N2. The van der Waals surface area contributed by atoms with E-state index in [0.717, 1.165) is 12.0 Å². The van der Waals surface area contributed by atoms with Gasteiger partial charge in [-0.05, 0) is 57.8 Å². The highest BCUT2D eigenvalue weighted by Gasteiger charge is 2.23. The maximum atomic E-state index is 3.62. The van der Waals surface area contributed by atoms with Gasteiger partial charge >= 0.3 is 0 Å². The molecule has 2 saturated heterocycles. The minimum atomic E-state index is 0.803. The highest BCUT2D eigenvalue weighted by Crippen LogP contribution is 2.18. The van der Waals surface area contributed by atoms with Gasteiger partial charge in [0.25, 0.3) is 0 Å². The summed E-state index contributed by atoms with van der Waals surface area (Å²) in [6.07, 6.45) is 7.04. The van der Waals surface area contributed by atoms with Crippen LogP contribution in [0.25, 0.3) is 0 Å². The van der Waals surface area contributed by atoms with Crippen molar-refractivity contribution in [1.82, 2.24) is 10.2 Å². The molecule has 0 aromatic rings. The van der Waals surface area contributed by atoms with E-state index in [1.807, 2.05) is 0 Å². The van der Waals surface area contributed by atoms with Crippen molar-refractivity contribution < 1.29 is 0 Å². The summed E-state index contributed by atoms with van der Waals surface area (Å²) in [7, 11) is 0. The summed E-state index contributed by atoms with van der Waals surface area (Å²) in [5.74, 6) is 0.903.